The summed E-state index contributed by atoms with van der Waals surface area (Å²) in [7, 11) is 6.92. The Morgan fingerprint density at radius 3 is 1.23 bits per heavy atom. The van der Waals surface area contributed by atoms with E-state index in [1.54, 1.807) is 42.0 Å². The predicted molar refractivity (Wildman–Crippen MR) is 48.7 cm³/mol. The van der Waals surface area contributed by atoms with Crippen LogP contribution in [0, 0.1) is 0 Å². The molecule has 0 aromatic carbocycles. The highest BCUT2D eigenvalue weighted by Gasteiger charge is 2.37. The summed E-state index contributed by atoms with van der Waals surface area (Å²) in [5.41, 5.74) is 0. The molecule has 2 unspecified atom stereocenters. The highest BCUT2D eigenvalue weighted by atomic mass is 16.9. The van der Waals surface area contributed by atoms with Crippen molar-refractivity contribution < 1.29 is 24.4 Å². The van der Waals surface area contributed by atoms with Crippen LogP contribution in [-0.2, 0) is 4.94 Å². The van der Waals surface area contributed by atoms with E-state index in [-0.39, 0.29) is 9.29 Å². The zero-order valence-corrected chi connectivity index (χ0v) is 9.35. The Kier molecular flexibility index (Phi) is 3.83. The number of aliphatic hydroxyl groups excluding tert-OH is 2. The van der Waals surface area contributed by atoms with E-state index in [1.165, 1.54) is 0 Å². The second kappa shape index (κ2) is 3.89. The fourth-order valence-electron chi connectivity index (χ4n) is 0.679. The topological polar surface area (TPSA) is 49.7 Å². The van der Waals surface area contributed by atoms with Gasteiger partial charge in [-0.25, -0.2) is 0 Å². The molecule has 0 heterocycles. The van der Waals surface area contributed by atoms with E-state index in [1.807, 2.05) is 0 Å². The quantitative estimate of drug-likeness (QED) is 0.366. The molecule has 0 saturated heterocycles. The van der Waals surface area contributed by atoms with Crippen LogP contribution < -0.4 is 0 Å². The van der Waals surface area contributed by atoms with Crippen molar-refractivity contribution in [1.29, 1.82) is 0 Å². The van der Waals surface area contributed by atoms with Crippen molar-refractivity contribution in [2.45, 2.75) is 26.3 Å². The maximum Gasteiger partial charge on any atom is 0.221 e. The van der Waals surface area contributed by atoms with Gasteiger partial charge in [-0.3, -0.25) is 0 Å². The molecular weight excluding hydrogens is 172 g/mol. The zero-order chi connectivity index (χ0) is 10.9. The normalized spacial score (nSPS) is 18.5. The molecule has 0 spiro atoms. The summed E-state index contributed by atoms with van der Waals surface area (Å²) in [6, 6.07) is 0. The van der Waals surface area contributed by atoms with Crippen LogP contribution in [0.4, 0.5) is 0 Å². The van der Waals surface area contributed by atoms with Crippen LogP contribution in [0.2, 0.25) is 0 Å². The number of rotatable bonds is 4. The van der Waals surface area contributed by atoms with Gasteiger partial charge in [-0.2, -0.15) is 0 Å². The van der Waals surface area contributed by atoms with Gasteiger partial charge in [0.05, 0.1) is 0 Å². The average molecular weight is 194 g/mol. The van der Waals surface area contributed by atoms with Gasteiger partial charge in [-0.05, 0) is 4.94 Å². The molecule has 13 heavy (non-hydrogen) atoms. The first-order valence-corrected chi connectivity index (χ1v) is 4.34. The van der Waals surface area contributed by atoms with Gasteiger partial charge in [-0.1, -0.05) is 0 Å². The number of aliphatic hydroxyl groups is 2. The van der Waals surface area contributed by atoms with Gasteiger partial charge in [0.2, 0.25) is 12.5 Å². The minimum absolute atomic E-state index is 0.0160. The smallest absolute Gasteiger partial charge is 0.221 e. The lowest BCUT2D eigenvalue weighted by atomic mass is 10.6. The number of hydrogen-bond donors (Lipinski definition) is 2. The average Bonchev–Trinajstić information content (AvgIpc) is 1.83. The highest BCUT2D eigenvalue weighted by molar-refractivity contribution is 4.18. The van der Waals surface area contributed by atoms with Crippen LogP contribution in [-0.4, -0.2) is 60.2 Å². The number of hydroxylamine groups is 6. The Hall–Kier alpha value is -0.200. The standard InChI is InChI=1S/C8H22N2O3/c1-7(11)9(3,4)13-10(5,6)8(2)12/h7-8,11-12H,1-6H3/q+2. The molecule has 0 amide bonds. The van der Waals surface area contributed by atoms with Gasteiger partial charge < -0.3 is 10.2 Å². The summed E-state index contributed by atoms with van der Waals surface area (Å²) >= 11 is 0. The molecule has 5 nitrogen and oxygen atoms in total. The monoisotopic (exact) mass is 194 g/mol. The van der Waals surface area contributed by atoms with Crippen molar-refractivity contribution in [3.05, 3.63) is 0 Å². The van der Waals surface area contributed by atoms with Gasteiger partial charge in [0, 0.05) is 13.8 Å². The third-order valence-corrected chi connectivity index (χ3v) is 2.22. The molecule has 0 aromatic heterocycles. The molecule has 0 saturated carbocycles. The fraction of sp³-hybridized carbons (Fsp3) is 1.00. The third kappa shape index (κ3) is 3.58. The van der Waals surface area contributed by atoms with E-state index in [9.17, 15) is 10.2 Å². The van der Waals surface area contributed by atoms with Crippen molar-refractivity contribution in [2.75, 3.05) is 28.2 Å². The molecule has 0 aromatic rings. The molecule has 0 fully saturated rings. The first kappa shape index (κ1) is 12.8. The molecule has 0 aliphatic heterocycles. The molecule has 80 valence electrons. The van der Waals surface area contributed by atoms with Crippen LogP contribution in [0.3, 0.4) is 0 Å². The first-order chi connectivity index (χ1) is 5.59. The molecule has 0 rings (SSSR count). The molecule has 2 N–H and O–H groups in total. The second-order valence-electron chi connectivity index (χ2n) is 4.21. The minimum atomic E-state index is -0.642. The Labute approximate surface area is 79.8 Å². The molecular formula is C8H22N2O3+2. The van der Waals surface area contributed by atoms with E-state index >= 15 is 0 Å². The van der Waals surface area contributed by atoms with E-state index in [0.29, 0.717) is 0 Å². The second-order valence-corrected chi connectivity index (χ2v) is 4.21. The van der Waals surface area contributed by atoms with Gasteiger partial charge in [0.1, 0.15) is 28.2 Å². The Bertz CT molecular complexity index is 149. The Morgan fingerprint density at radius 1 is 0.846 bits per heavy atom. The number of nitrogens with zero attached hydrogens (tertiary/aromatic N) is 2. The summed E-state index contributed by atoms with van der Waals surface area (Å²) in [5, 5.41) is 18.8. The minimum Gasteiger partial charge on any atom is -0.343 e. The van der Waals surface area contributed by atoms with E-state index in [2.05, 4.69) is 0 Å². The molecule has 2 atom stereocenters. The summed E-state index contributed by atoms with van der Waals surface area (Å²) in [6.45, 7) is 3.28. The molecule has 0 aliphatic carbocycles. The van der Waals surface area contributed by atoms with Crippen molar-refractivity contribution in [3.63, 3.8) is 0 Å². The van der Waals surface area contributed by atoms with Crippen molar-refractivity contribution in [2.24, 2.45) is 0 Å². The summed E-state index contributed by atoms with van der Waals surface area (Å²) in [4.78, 5) is 5.52. The SMILES string of the molecule is CC(O)[N+](C)(C)O[N+](C)(C)C(C)O. The Balaban J connectivity index is 4.42. The van der Waals surface area contributed by atoms with Crippen molar-refractivity contribution in [1.82, 2.24) is 0 Å². The van der Waals surface area contributed by atoms with Gasteiger partial charge in [-0.15, -0.1) is 9.29 Å². The van der Waals surface area contributed by atoms with Gasteiger partial charge in [0.15, 0.2) is 0 Å². The number of quaternary nitrogens is 2. The zero-order valence-electron chi connectivity index (χ0n) is 9.35. The largest absolute Gasteiger partial charge is 0.343 e. The summed E-state index contributed by atoms with van der Waals surface area (Å²) in [5.74, 6) is 0. The lowest BCUT2D eigenvalue weighted by Gasteiger charge is -2.36. The van der Waals surface area contributed by atoms with Gasteiger partial charge >= 0.3 is 0 Å². The van der Waals surface area contributed by atoms with Crippen LogP contribution in [0.5, 0.6) is 0 Å². The number of hydrogen-bond acceptors (Lipinski definition) is 3. The third-order valence-electron chi connectivity index (χ3n) is 2.22. The predicted octanol–water partition coefficient (Wildman–Crippen LogP) is -0.338. The first-order valence-electron chi connectivity index (χ1n) is 4.34. The molecule has 0 bridgehead atoms. The summed E-state index contributed by atoms with van der Waals surface area (Å²) < 4.78 is -0.0319. The fourth-order valence-corrected chi connectivity index (χ4v) is 0.679. The van der Waals surface area contributed by atoms with Crippen molar-refractivity contribution in [3.8, 4) is 0 Å². The molecule has 5 heteroatoms. The highest BCUT2D eigenvalue weighted by Crippen LogP contribution is 2.14. The lowest BCUT2D eigenvalue weighted by molar-refractivity contribution is -1.35. The maximum absolute atomic E-state index is 9.38. The van der Waals surface area contributed by atoms with Crippen LogP contribution in [0.1, 0.15) is 13.8 Å². The summed E-state index contributed by atoms with van der Waals surface area (Å²) in [6.07, 6.45) is -1.28. The van der Waals surface area contributed by atoms with Crippen LogP contribution >= 0.6 is 0 Å². The Morgan fingerprint density at radius 2 is 1.08 bits per heavy atom. The van der Waals surface area contributed by atoms with Crippen LogP contribution in [0.25, 0.3) is 0 Å². The van der Waals surface area contributed by atoms with Crippen LogP contribution in [0.15, 0.2) is 0 Å². The molecule has 0 aliphatic rings. The van der Waals surface area contributed by atoms with Gasteiger partial charge in [0.25, 0.3) is 0 Å². The molecule has 0 radical (unpaired) electrons. The van der Waals surface area contributed by atoms with E-state index in [0.717, 1.165) is 0 Å². The maximum atomic E-state index is 9.38. The van der Waals surface area contributed by atoms with Crippen molar-refractivity contribution >= 4 is 0 Å². The lowest BCUT2D eigenvalue weighted by Crippen LogP contribution is -2.59. The van der Waals surface area contributed by atoms with E-state index in [4.69, 9.17) is 4.94 Å². The van der Waals surface area contributed by atoms with E-state index < -0.39 is 12.5 Å².